The molecular weight excluding hydrogens is 516 g/mol. The van der Waals surface area contributed by atoms with Crippen LogP contribution >= 0.6 is 0 Å². The number of rotatable bonds is 11. The van der Waals surface area contributed by atoms with Gasteiger partial charge in [-0.25, -0.2) is 0 Å². The minimum Gasteiger partial charge on any atom is -0.497 e. The third-order valence-electron chi connectivity index (χ3n) is 6.72. The molecule has 3 aliphatic heterocycles. The molecule has 0 amide bonds. The Kier molecular flexibility index (Phi) is 9.17. The highest BCUT2D eigenvalue weighted by Crippen LogP contribution is 2.23. The van der Waals surface area contributed by atoms with Gasteiger partial charge in [0, 0.05) is 32.2 Å². The Morgan fingerprint density at radius 1 is 1.03 bits per heavy atom. The van der Waals surface area contributed by atoms with Gasteiger partial charge in [-0.2, -0.15) is 0 Å². The molecule has 2 aromatic carbocycles. The highest BCUT2D eigenvalue weighted by atomic mass is 28.4. The molecule has 2 bridgehead atoms. The second kappa shape index (κ2) is 13.1. The van der Waals surface area contributed by atoms with Crippen LogP contribution in [0.4, 0.5) is 0 Å². The van der Waals surface area contributed by atoms with Gasteiger partial charge in [-0.1, -0.05) is 35.6 Å². The number of carbonyl (C=O) groups excluding carboxylic acids is 1. The summed E-state index contributed by atoms with van der Waals surface area (Å²) in [5.74, 6) is 1.13. The van der Waals surface area contributed by atoms with Crippen LogP contribution in [0.2, 0.25) is 6.04 Å². The molecule has 4 heterocycles. The molecule has 0 atom stereocenters. The number of ether oxygens (including phenoxy) is 2. The average molecular weight is 551 g/mol. The van der Waals surface area contributed by atoms with Crippen molar-refractivity contribution in [2.24, 2.45) is 0 Å². The van der Waals surface area contributed by atoms with E-state index in [2.05, 4.69) is 15.2 Å². The summed E-state index contributed by atoms with van der Waals surface area (Å²) in [6, 6.07) is 15.4. The molecule has 6 rings (SSSR count). The fourth-order valence-electron chi connectivity index (χ4n) is 4.56. The van der Waals surface area contributed by atoms with Crippen LogP contribution in [0.1, 0.15) is 28.0 Å². The van der Waals surface area contributed by atoms with Crippen LogP contribution in [0.3, 0.4) is 0 Å². The summed E-state index contributed by atoms with van der Waals surface area (Å²) in [6.07, 6.45) is 6.00. The standard InChI is InChI=1S/C28H34N4O6Si/c1-34-25-10-7-23(8-11-25)9-12-27(33)26-5-2-3-6-28(26)35-22-24-21-32(30-29-24)13-4-20-39-36-17-14-31(15-18-37-39)16-19-38-39/h2-3,5-12,21H,4,13-20,22H2,1H3/b12-9+. The van der Waals surface area contributed by atoms with Crippen molar-refractivity contribution >= 4 is 20.7 Å². The predicted molar refractivity (Wildman–Crippen MR) is 147 cm³/mol. The molecule has 206 valence electrons. The van der Waals surface area contributed by atoms with E-state index in [0.717, 1.165) is 43.4 Å². The maximum absolute atomic E-state index is 12.9. The topological polar surface area (TPSA) is 97.2 Å². The van der Waals surface area contributed by atoms with Crippen LogP contribution in [0, 0.1) is 0 Å². The van der Waals surface area contributed by atoms with Gasteiger partial charge in [-0.05, 0) is 42.3 Å². The highest BCUT2D eigenvalue weighted by Gasteiger charge is 2.43. The SMILES string of the molecule is COc1ccc(/C=C/C(=O)c2ccccc2OCc2cn(CCC[Si]34OCCN(CCO3)CCO4)nn2)cc1. The molecule has 3 fully saturated rings. The third kappa shape index (κ3) is 7.40. The Hall–Kier alpha value is -3.35. The molecule has 0 saturated carbocycles. The van der Waals surface area contributed by atoms with Crippen LogP contribution in [0.5, 0.6) is 11.5 Å². The normalized spacial score (nSPS) is 21.3. The highest BCUT2D eigenvalue weighted by molar-refractivity contribution is 6.60. The van der Waals surface area contributed by atoms with E-state index in [1.807, 2.05) is 42.6 Å². The lowest BCUT2D eigenvalue weighted by Crippen LogP contribution is -2.55. The molecule has 11 heteroatoms. The van der Waals surface area contributed by atoms with Gasteiger partial charge in [0.05, 0.1) is 38.7 Å². The number of hydrogen-bond acceptors (Lipinski definition) is 9. The van der Waals surface area contributed by atoms with Crippen molar-refractivity contribution in [2.45, 2.75) is 25.6 Å². The van der Waals surface area contributed by atoms with E-state index in [-0.39, 0.29) is 12.4 Å². The quantitative estimate of drug-likeness (QED) is 0.202. The molecule has 10 nitrogen and oxygen atoms in total. The maximum atomic E-state index is 12.9. The number of hydrogen-bond donors (Lipinski definition) is 0. The first-order valence-corrected chi connectivity index (χ1v) is 15.2. The Labute approximate surface area is 229 Å². The van der Waals surface area contributed by atoms with Crippen LogP contribution in [-0.2, 0) is 26.4 Å². The molecule has 3 aliphatic rings. The summed E-state index contributed by atoms with van der Waals surface area (Å²) in [5.41, 5.74) is 2.07. The van der Waals surface area contributed by atoms with Crippen molar-refractivity contribution in [1.82, 2.24) is 19.9 Å². The zero-order chi connectivity index (χ0) is 26.9. The molecule has 3 saturated heterocycles. The lowest BCUT2D eigenvalue weighted by atomic mass is 10.1. The van der Waals surface area contributed by atoms with E-state index in [9.17, 15) is 4.79 Å². The Bertz CT molecular complexity index is 1240. The number of allylic oxidation sites excluding steroid dienone is 1. The molecule has 39 heavy (non-hydrogen) atoms. The molecule has 0 unspecified atom stereocenters. The van der Waals surface area contributed by atoms with E-state index in [1.165, 1.54) is 0 Å². The molecule has 0 spiro atoms. The molecule has 3 aromatic rings. The summed E-state index contributed by atoms with van der Waals surface area (Å²) < 4.78 is 31.3. The van der Waals surface area contributed by atoms with Crippen LogP contribution in [0.15, 0.2) is 60.8 Å². The molecular formula is C28H34N4O6Si. The zero-order valence-corrected chi connectivity index (χ0v) is 23.2. The summed E-state index contributed by atoms with van der Waals surface area (Å²) >= 11 is 0. The molecule has 0 aliphatic carbocycles. The van der Waals surface area contributed by atoms with Gasteiger partial charge in [-0.3, -0.25) is 14.4 Å². The number of aromatic nitrogens is 3. The van der Waals surface area contributed by atoms with Crippen molar-refractivity contribution < 1.29 is 27.5 Å². The zero-order valence-electron chi connectivity index (χ0n) is 22.2. The minimum absolute atomic E-state index is 0.142. The Morgan fingerprint density at radius 3 is 2.46 bits per heavy atom. The van der Waals surface area contributed by atoms with Gasteiger partial charge in [0.1, 0.15) is 23.8 Å². The summed E-state index contributed by atoms with van der Waals surface area (Å²) in [7, 11) is -1.02. The van der Waals surface area contributed by atoms with Crippen molar-refractivity contribution in [3.8, 4) is 11.5 Å². The number of nitrogens with zero attached hydrogens (tertiary/aromatic N) is 4. The summed E-state index contributed by atoms with van der Waals surface area (Å²) in [5, 5.41) is 8.48. The van der Waals surface area contributed by atoms with Gasteiger partial charge in [0.2, 0.25) is 0 Å². The van der Waals surface area contributed by atoms with Crippen LogP contribution in [-0.4, -0.2) is 81.0 Å². The van der Waals surface area contributed by atoms with E-state index < -0.39 is 8.80 Å². The molecule has 1 aromatic heterocycles. The maximum Gasteiger partial charge on any atom is 0.501 e. The number of carbonyl (C=O) groups is 1. The fourth-order valence-corrected chi connectivity index (χ4v) is 7.04. The number of fused-ring (bicyclic) bond motifs is 6. The van der Waals surface area contributed by atoms with E-state index in [0.29, 0.717) is 43.4 Å². The molecule has 0 radical (unpaired) electrons. The third-order valence-corrected chi connectivity index (χ3v) is 9.61. The van der Waals surface area contributed by atoms with Crippen molar-refractivity contribution in [3.63, 3.8) is 0 Å². The summed E-state index contributed by atoms with van der Waals surface area (Å²) in [6.45, 7) is 5.63. The largest absolute Gasteiger partial charge is 0.501 e. The van der Waals surface area contributed by atoms with Crippen molar-refractivity contribution in [3.05, 3.63) is 77.6 Å². The lowest BCUT2D eigenvalue weighted by molar-refractivity contribution is -0.00869. The van der Waals surface area contributed by atoms with Gasteiger partial charge >= 0.3 is 8.80 Å². The number of benzene rings is 2. The minimum atomic E-state index is -2.64. The second-order valence-electron chi connectivity index (χ2n) is 9.40. The van der Waals surface area contributed by atoms with Gasteiger partial charge < -0.3 is 22.8 Å². The fraction of sp³-hybridized carbons (Fsp3) is 0.393. The van der Waals surface area contributed by atoms with Crippen LogP contribution in [0.25, 0.3) is 6.08 Å². The predicted octanol–water partition coefficient (Wildman–Crippen LogP) is 3.47. The summed E-state index contributed by atoms with van der Waals surface area (Å²) in [4.78, 5) is 15.2. The van der Waals surface area contributed by atoms with Gasteiger partial charge in [0.25, 0.3) is 0 Å². The van der Waals surface area contributed by atoms with E-state index >= 15 is 0 Å². The monoisotopic (exact) mass is 550 g/mol. The van der Waals surface area contributed by atoms with Crippen molar-refractivity contribution in [1.29, 1.82) is 0 Å². The first-order valence-electron chi connectivity index (χ1n) is 13.2. The Balaban J connectivity index is 1.13. The second-order valence-corrected chi connectivity index (χ2v) is 12.1. The number of methoxy groups -OCH3 is 1. The van der Waals surface area contributed by atoms with Crippen molar-refractivity contribution in [2.75, 3.05) is 46.6 Å². The first-order chi connectivity index (χ1) is 19.1. The molecule has 0 N–H and O–H groups in total. The van der Waals surface area contributed by atoms with E-state index in [1.54, 1.807) is 36.1 Å². The average Bonchev–Trinajstić information content (AvgIpc) is 3.39. The smallest absolute Gasteiger partial charge is 0.497 e. The number of para-hydroxylation sites is 1. The van der Waals surface area contributed by atoms with Crippen LogP contribution < -0.4 is 9.47 Å². The first kappa shape index (κ1) is 27.2. The number of ketones is 1. The lowest BCUT2D eigenvalue weighted by Gasteiger charge is -2.38. The Morgan fingerprint density at radius 2 is 1.74 bits per heavy atom. The van der Waals surface area contributed by atoms with Gasteiger partial charge in [0.15, 0.2) is 5.78 Å². The van der Waals surface area contributed by atoms with E-state index in [4.69, 9.17) is 22.8 Å². The number of aryl methyl sites for hydroxylation is 1. The van der Waals surface area contributed by atoms with Gasteiger partial charge in [-0.15, -0.1) is 5.10 Å².